The summed E-state index contributed by atoms with van der Waals surface area (Å²) in [6.07, 6.45) is 0. The molecule has 0 unspecified atom stereocenters. The maximum absolute atomic E-state index is 9.87. The molecule has 0 heterocycles. The lowest BCUT2D eigenvalue weighted by atomic mass is 10.9. The van der Waals surface area contributed by atoms with Crippen LogP contribution in [0.1, 0.15) is 0 Å². The molecule has 40 valence electrons. The molecular weight excluding hydrogens is 134 g/mol. The first-order chi connectivity index (χ1) is 3.06. The van der Waals surface area contributed by atoms with E-state index in [-0.39, 0.29) is 0 Å². The highest BCUT2D eigenvalue weighted by atomic mass is 33.1. The molecule has 0 saturated carbocycles. The second kappa shape index (κ2) is 2.19. The molecule has 0 rings (SSSR count). The fourth-order valence-corrected chi connectivity index (χ4v) is 0.418. The van der Waals surface area contributed by atoms with Crippen molar-refractivity contribution in [1.82, 2.24) is 0 Å². The fraction of sp³-hybridized carbons (Fsp3) is 0.500. The average Bonchev–Trinajstić information content (AvgIpc) is 1.30. The number of hydrogen-bond acceptors (Lipinski definition) is 3. The molecule has 0 N–H and O–H groups in total. The molecule has 0 radical (unpaired) electrons. The fourth-order valence-electron chi connectivity index (χ4n) is 0.0816. The van der Waals surface area contributed by atoms with E-state index in [1.165, 1.54) is 6.07 Å². The van der Waals surface area contributed by atoms with Crippen molar-refractivity contribution in [2.45, 2.75) is 0 Å². The summed E-state index contributed by atoms with van der Waals surface area (Å²) in [7, 11) is -3.34. The van der Waals surface area contributed by atoms with Gasteiger partial charge in [-0.2, -0.15) is 5.26 Å². The Labute approximate surface area is 46.7 Å². The van der Waals surface area contributed by atoms with Crippen molar-refractivity contribution in [2.24, 2.45) is 0 Å². The minimum atomic E-state index is -3.34. The van der Waals surface area contributed by atoms with Gasteiger partial charge in [-0.3, -0.25) is 0 Å². The predicted molar refractivity (Wildman–Crippen MR) is 28.4 cm³/mol. The van der Waals surface area contributed by atoms with Crippen molar-refractivity contribution in [3.8, 4) is 6.07 Å². The standard InChI is InChI=1S/C2H3NO2S2/c3-1-2-7(4,5)6/h2H2,(H,4,5,6). The molecule has 0 aromatic rings. The van der Waals surface area contributed by atoms with Gasteiger partial charge in [-0.25, -0.2) is 8.42 Å². The van der Waals surface area contributed by atoms with Crippen LogP contribution in [-0.2, 0) is 8.87 Å². The van der Waals surface area contributed by atoms with Crippen molar-refractivity contribution in [2.75, 3.05) is 5.75 Å². The number of rotatable bonds is 1. The molecule has 0 aliphatic heterocycles. The Morgan fingerprint density at radius 1 is 1.71 bits per heavy atom. The summed E-state index contributed by atoms with van der Waals surface area (Å²) in [5.74, 6) is -0.518. The third kappa shape index (κ3) is 5.79. The van der Waals surface area contributed by atoms with Crippen LogP contribution in [0.15, 0.2) is 0 Å². The van der Waals surface area contributed by atoms with Crippen molar-refractivity contribution in [3.05, 3.63) is 0 Å². The average molecular weight is 137 g/mol. The Morgan fingerprint density at radius 2 is 2.14 bits per heavy atom. The zero-order valence-electron chi connectivity index (χ0n) is 3.33. The van der Waals surface area contributed by atoms with E-state index >= 15 is 0 Å². The highest BCUT2D eigenvalue weighted by molar-refractivity contribution is 8.63. The van der Waals surface area contributed by atoms with Gasteiger partial charge in [0.25, 0.3) is 0 Å². The van der Waals surface area contributed by atoms with Gasteiger partial charge < -0.3 is 0 Å². The lowest BCUT2D eigenvalue weighted by Crippen LogP contribution is -1.91. The summed E-state index contributed by atoms with van der Waals surface area (Å²) in [4.78, 5) is 0. The lowest BCUT2D eigenvalue weighted by molar-refractivity contribution is 0.614. The van der Waals surface area contributed by atoms with E-state index in [1.54, 1.807) is 0 Å². The number of nitrogens with zero attached hydrogens (tertiary/aromatic N) is 1. The molecule has 0 aromatic carbocycles. The molecule has 0 aromatic heterocycles. The molecule has 7 heavy (non-hydrogen) atoms. The Hall–Kier alpha value is -0.210. The van der Waals surface area contributed by atoms with Crippen molar-refractivity contribution in [1.29, 1.82) is 5.26 Å². The molecule has 0 spiro atoms. The minimum absolute atomic E-state index is 0.518. The van der Waals surface area contributed by atoms with Gasteiger partial charge in [0.1, 0.15) is 5.75 Å². The minimum Gasteiger partial charge on any atom is -0.217 e. The molecule has 0 saturated heterocycles. The molecule has 0 aliphatic carbocycles. The highest BCUT2D eigenvalue weighted by Crippen LogP contribution is 1.90. The monoisotopic (exact) mass is 137 g/mol. The van der Waals surface area contributed by atoms with Gasteiger partial charge in [-0.15, -0.1) is 0 Å². The third-order valence-electron chi connectivity index (χ3n) is 0.247. The van der Waals surface area contributed by atoms with Gasteiger partial charge in [0.2, 0.25) is 8.87 Å². The second-order valence-corrected chi connectivity index (χ2v) is 4.01. The maximum Gasteiger partial charge on any atom is 0.212 e. The molecule has 0 bridgehead atoms. The quantitative estimate of drug-likeness (QED) is 0.401. The van der Waals surface area contributed by atoms with Crippen LogP contribution in [0.25, 0.3) is 0 Å². The second-order valence-electron chi connectivity index (χ2n) is 0.884. The molecule has 0 atom stereocenters. The molecule has 5 heteroatoms. The summed E-state index contributed by atoms with van der Waals surface area (Å²) < 4.78 is 19.7. The topological polar surface area (TPSA) is 57.9 Å². The van der Waals surface area contributed by atoms with E-state index in [0.717, 1.165) is 0 Å². The first kappa shape index (κ1) is 6.79. The third-order valence-corrected chi connectivity index (χ3v) is 1.13. The largest absolute Gasteiger partial charge is 0.217 e. The molecule has 0 aliphatic rings. The number of nitriles is 1. The Balaban J connectivity index is 3.92. The smallest absolute Gasteiger partial charge is 0.212 e. The van der Waals surface area contributed by atoms with Gasteiger partial charge in [0.05, 0.1) is 6.07 Å². The van der Waals surface area contributed by atoms with E-state index in [4.69, 9.17) is 5.26 Å². The predicted octanol–water partition coefficient (Wildman–Crippen LogP) is -0.230. The van der Waals surface area contributed by atoms with Crippen LogP contribution >= 0.6 is 11.7 Å². The first-order valence-electron chi connectivity index (χ1n) is 1.38. The maximum atomic E-state index is 9.87. The van der Waals surface area contributed by atoms with Gasteiger partial charge in [0.15, 0.2) is 0 Å². The van der Waals surface area contributed by atoms with E-state index < -0.39 is 14.6 Å². The van der Waals surface area contributed by atoms with Crippen LogP contribution in [0.2, 0.25) is 0 Å². The van der Waals surface area contributed by atoms with Crippen LogP contribution in [0.5, 0.6) is 0 Å². The summed E-state index contributed by atoms with van der Waals surface area (Å²) in [6, 6.07) is 1.44. The molecule has 3 nitrogen and oxygen atoms in total. The Kier molecular flexibility index (Phi) is 2.12. The van der Waals surface area contributed by atoms with Crippen LogP contribution in [0, 0.1) is 11.3 Å². The molecular formula is C2H3NO2S2. The van der Waals surface area contributed by atoms with Crippen LogP contribution in [0.3, 0.4) is 0 Å². The summed E-state index contributed by atoms with van der Waals surface area (Å²) >= 11 is 3.08. The first-order valence-corrected chi connectivity index (χ1v) is 4.09. The number of thiol groups is 1. The summed E-state index contributed by atoms with van der Waals surface area (Å²) in [6.45, 7) is 0. The Morgan fingerprint density at radius 3 is 2.14 bits per heavy atom. The van der Waals surface area contributed by atoms with E-state index in [9.17, 15) is 8.42 Å². The number of hydrogen-bond donors (Lipinski definition) is 1. The van der Waals surface area contributed by atoms with Crippen LogP contribution in [0.4, 0.5) is 0 Å². The van der Waals surface area contributed by atoms with E-state index in [1.807, 2.05) is 0 Å². The van der Waals surface area contributed by atoms with E-state index in [2.05, 4.69) is 11.7 Å². The zero-order chi connectivity index (χ0) is 5.91. The van der Waals surface area contributed by atoms with Crippen LogP contribution < -0.4 is 0 Å². The highest BCUT2D eigenvalue weighted by Gasteiger charge is 1.97. The SMILES string of the molecule is N#CCS(=O)(=O)S. The summed E-state index contributed by atoms with van der Waals surface area (Å²) in [5.41, 5.74) is 0. The lowest BCUT2D eigenvalue weighted by Gasteiger charge is -1.77. The van der Waals surface area contributed by atoms with Gasteiger partial charge >= 0.3 is 0 Å². The van der Waals surface area contributed by atoms with Crippen LogP contribution in [-0.4, -0.2) is 14.2 Å². The van der Waals surface area contributed by atoms with Gasteiger partial charge in [-0.1, -0.05) is 0 Å². The molecule has 0 fully saturated rings. The van der Waals surface area contributed by atoms with Gasteiger partial charge in [0, 0.05) is 0 Å². The zero-order valence-corrected chi connectivity index (χ0v) is 5.04. The van der Waals surface area contributed by atoms with E-state index in [0.29, 0.717) is 0 Å². The van der Waals surface area contributed by atoms with Crippen molar-refractivity contribution >= 4 is 20.5 Å². The summed E-state index contributed by atoms with van der Waals surface area (Å²) in [5, 5.41) is 7.72. The normalized spacial score (nSPS) is 10.3. The van der Waals surface area contributed by atoms with Gasteiger partial charge in [-0.05, 0) is 11.7 Å². The van der Waals surface area contributed by atoms with Crippen molar-refractivity contribution < 1.29 is 8.42 Å². The Bertz CT molecular complexity index is 174. The molecule has 0 amide bonds. The van der Waals surface area contributed by atoms with Crippen molar-refractivity contribution in [3.63, 3.8) is 0 Å².